The summed E-state index contributed by atoms with van der Waals surface area (Å²) in [6, 6.07) is 0. The number of halogens is 1. The largest absolute Gasteiger partial charge is 0.395 e. The lowest BCUT2D eigenvalue weighted by Crippen LogP contribution is -2.42. The van der Waals surface area contributed by atoms with E-state index in [1.165, 1.54) is 18.0 Å². The lowest BCUT2D eigenvalue weighted by atomic mass is 10.1. The molecular weight excluding hydrogens is 326 g/mol. The van der Waals surface area contributed by atoms with Crippen molar-refractivity contribution in [3.05, 3.63) is 35.9 Å². The third-order valence-electron chi connectivity index (χ3n) is 3.23. The van der Waals surface area contributed by atoms with Gasteiger partial charge in [-0.15, -0.1) is 0 Å². The molecule has 9 N–H and O–H groups in total. The molecule has 9 nitrogen and oxygen atoms in total. The summed E-state index contributed by atoms with van der Waals surface area (Å²) < 4.78 is 5.48. The van der Waals surface area contributed by atoms with Gasteiger partial charge in [-0.3, -0.25) is 0 Å². The summed E-state index contributed by atoms with van der Waals surface area (Å²) in [5, 5.41) is 29.7. The van der Waals surface area contributed by atoms with Gasteiger partial charge in [-0.2, -0.15) is 4.99 Å². The minimum absolute atomic E-state index is 0.0445. The third kappa shape index (κ3) is 4.15. The van der Waals surface area contributed by atoms with Gasteiger partial charge >= 0.3 is 0 Å². The van der Waals surface area contributed by atoms with Crippen molar-refractivity contribution in [2.24, 2.45) is 22.2 Å². The van der Waals surface area contributed by atoms with Crippen LogP contribution in [-0.4, -0.2) is 56.8 Å². The molecule has 23 heavy (non-hydrogen) atoms. The first-order valence-corrected chi connectivity index (χ1v) is 7.04. The number of hydrogen-bond acceptors (Lipinski definition) is 7. The summed E-state index contributed by atoms with van der Waals surface area (Å²) in [7, 11) is 0. The molecule has 0 saturated carbocycles. The van der Waals surface area contributed by atoms with E-state index in [0.29, 0.717) is 0 Å². The number of aliphatic imine (C=N–C) groups is 1. The van der Waals surface area contributed by atoms with E-state index >= 15 is 0 Å². The van der Waals surface area contributed by atoms with Crippen LogP contribution >= 0.6 is 11.6 Å². The normalized spacial score (nSPS) is 29.4. The van der Waals surface area contributed by atoms with Gasteiger partial charge in [0.05, 0.1) is 16.8 Å². The van der Waals surface area contributed by atoms with Crippen LogP contribution in [0.5, 0.6) is 0 Å². The zero-order valence-corrected chi connectivity index (χ0v) is 13.4. The Labute approximate surface area is 139 Å². The highest BCUT2D eigenvalue weighted by Gasteiger charge is 2.47. The molecule has 10 heteroatoms. The maximum atomic E-state index is 10.2. The second kappa shape index (κ2) is 7.66. The smallest absolute Gasteiger partial charge is 0.192 e. The van der Waals surface area contributed by atoms with Gasteiger partial charge in [0.25, 0.3) is 0 Å². The monoisotopic (exact) mass is 347 g/mol. The average molecular weight is 348 g/mol. The maximum Gasteiger partial charge on any atom is 0.192 e. The summed E-state index contributed by atoms with van der Waals surface area (Å²) in [6.07, 6.45) is -4.66. The molecule has 0 bridgehead atoms. The Morgan fingerprint density at radius 1 is 1.35 bits per heavy atom. The fraction of sp³-hybridized carbons (Fsp3) is 0.462. The van der Waals surface area contributed by atoms with E-state index in [9.17, 15) is 15.3 Å². The van der Waals surface area contributed by atoms with Gasteiger partial charge in [0.15, 0.2) is 18.0 Å². The molecule has 0 amide bonds. The van der Waals surface area contributed by atoms with Crippen molar-refractivity contribution in [3.63, 3.8) is 0 Å². The Balaban J connectivity index is 3.29. The van der Waals surface area contributed by atoms with Crippen molar-refractivity contribution in [3.8, 4) is 0 Å². The second-order valence-corrected chi connectivity index (χ2v) is 5.44. The second-order valence-electron chi connectivity index (χ2n) is 4.98. The quantitative estimate of drug-likeness (QED) is 0.190. The summed E-state index contributed by atoms with van der Waals surface area (Å²) in [5.74, 6) is -0.393. The Kier molecular flexibility index (Phi) is 6.42. The molecule has 1 fully saturated rings. The van der Waals surface area contributed by atoms with Crippen molar-refractivity contribution in [1.29, 1.82) is 0 Å². The van der Waals surface area contributed by atoms with Crippen LogP contribution in [0.3, 0.4) is 0 Å². The van der Waals surface area contributed by atoms with Crippen LogP contribution in [0.2, 0.25) is 0 Å². The molecule has 0 aromatic carbocycles. The number of ether oxygens (including phenoxy) is 1. The highest BCUT2D eigenvalue weighted by atomic mass is 35.5. The van der Waals surface area contributed by atoms with Gasteiger partial charge in [0.1, 0.15) is 18.3 Å². The predicted octanol–water partition coefficient (Wildman–Crippen LogP) is -1.59. The predicted molar refractivity (Wildman–Crippen MR) is 86.4 cm³/mol. The zero-order chi connectivity index (χ0) is 17.9. The molecule has 0 aromatic rings. The van der Waals surface area contributed by atoms with Gasteiger partial charge in [0.2, 0.25) is 0 Å². The van der Waals surface area contributed by atoms with Gasteiger partial charge in [0, 0.05) is 6.20 Å². The van der Waals surface area contributed by atoms with E-state index < -0.39 is 30.6 Å². The zero-order valence-electron chi connectivity index (χ0n) is 12.6. The van der Waals surface area contributed by atoms with Crippen LogP contribution in [0.25, 0.3) is 0 Å². The lowest BCUT2D eigenvalue weighted by Gasteiger charge is -2.30. The molecule has 1 saturated heterocycles. The molecule has 1 unspecified atom stereocenters. The van der Waals surface area contributed by atoms with Crippen molar-refractivity contribution in [2.75, 3.05) is 0 Å². The van der Waals surface area contributed by atoms with Crippen molar-refractivity contribution in [2.45, 2.75) is 37.6 Å². The van der Waals surface area contributed by atoms with E-state index in [1.807, 2.05) is 0 Å². The standard InChI is InChI=1S/C13H22ClN5O4/c1-4-19(11(18-13(16)17)7(15)5(2)14)12-9(22)8(21)10(23-12)6(3)20/h4,6,8-10,12,20-22H,1-2,15H2,3H3,(H4,16,17,18)/b11-7-/t6?,8-,9+,10+,12+/m0/s1. The first-order valence-electron chi connectivity index (χ1n) is 6.66. The first-order chi connectivity index (χ1) is 10.6. The number of guanidine groups is 1. The Morgan fingerprint density at radius 2 is 1.91 bits per heavy atom. The van der Waals surface area contributed by atoms with Gasteiger partial charge in [-0.1, -0.05) is 24.8 Å². The molecule has 0 spiro atoms. The lowest BCUT2D eigenvalue weighted by molar-refractivity contribution is -0.0899. The minimum atomic E-state index is -1.38. The molecule has 0 radical (unpaired) electrons. The number of allylic oxidation sites excluding steroid dienone is 1. The average Bonchev–Trinajstić information content (AvgIpc) is 2.74. The Bertz CT molecular complexity index is 532. The molecule has 1 heterocycles. The van der Waals surface area contributed by atoms with Crippen LogP contribution in [-0.2, 0) is 4.74 Å². The van der Waals surface area contributed by atoms with Crippen LogP contribution in [0.15, 0.2) is 40.9 Å². The van der Waals surface area contributed by atoms with Gasteiger partial charge in [-0.05, 0) is 6.92 Å². The van der Waals surface area contributed by atoms with E-state index in [-0.39, 0.29) is 22.5 Å². The Hall–Kier alpha value is -1.78. The molecule has 1 rings (SSSR count). The highest BCUT2D eigenvalue weighted by Crippen LogP contribution is 2.30. The first kappa shape index (κ1) is 19.3. The molecule has 1 aliphatic rings. The van der Waals surface area contributed by atoms with Crippen molar-refractivity contribution >= 4 is 17.6 Å². The molecule has 5 atom stereocenters. The van der Waals surface area contributed by atoms with E-state index in [0.717, 1.165) is 0 Å². The van der Waals surface area contributed by atoms with Crippen LogP contribution in [0, 0.1) is 0 Å². The molecule has 0 aromatic heterocycles. The highest BCUT2D eigenvalue weighted by molar-refractivity contribution is 6.31. The van der Waals surface area contributed by atoms with Crippen molar-refractivity contribution < 1.29 is 20.1 Å². The number of aliphatic hydroxyl groups is 3. The fourth-order valence-electron chi connectivity index (χ4n) is 2.13. The number of nitrogens with zero attached hydrogens (tertiary/aromatic N) is 2. The van der Waals surface area contributed by atoms with Gasteiger partial charge in [-0.25, -0.2) is 0 Å². The summed E-state index contributed by atoms with van der Waals surface area (Å²) in [6.45, 7) is 8.48. The number of aliphatic hydroxyl groups excluding tert-OH is 3. The summed E-state index contributed by atoms with van der Waals surface area (Å²) in [4.78, 5) is 5.04. The molecule has 130 valence electrons. The van der Waals surface area contributed by atoms with Crippen molar-refractivity contribution in [1.82, 2.24) is 4.90 Å². The topological polar surface area (TPSA) is 164 Å². The van der Waals surface area contributed by atoms with E-state index in [1.54, 1.807) is 0 Å². The number of rotatable bonds is 6. The molecule has 1 aliphatic heterocycles. The number of nitrogens with two attached hydrogens (primary N) is 3. The van der Waals surface area contributed by atoms with E-state index in [4.69, 9.17) is 33.5 Å². The van der Waals surface area contributed by atoms with Crippen LogP contribution < -0.4 is 17.2 Å². The van der Waals surface area contributed by atoms with E-state index in [2.05, 4.69) is 18.2 Å². The fourth-order valence-corrected chi connectivity index (χ4v) is 2.21. The summed E-state index contributed by atoms with van der Waals surface area (Å²) in [5.41, 5.74) is 16.5. The summed E-state index contributed by atoms with van der Waals surface area (Å²) >= 11 is 5.78. The minimum Gasteiger partial charge on any atom is -0.395 e. The number of hydrogen-bond donors (Lipinski definition) is 6. The van der Waals surface area contributed by atoms with Gasteiger partial charge < -0.3 is 42.2 Å². The third-order valence-corrected chi connectivity index (χ3v) is 3.44. The Morgan fingerprint density at radius 3 is 2.26 bits per heavy atom. The van der Waals surface area contributed by atoms with Crippen LogP contribution in [0.1, 0.15) is 6.92 Å². The van der Waals surface area contributed by atoms with Crippen LogP contribution in [0.4, 0.5) is 0 Å². The SMILES string of the molecule is C=CN(/C(N=C(N)N)=C(\N)C(=C)Cl)[C@@H]1O[C@H](C(C)O)[C@@H](O)[C@H]1O. The molecular formula is C13H22ClN5O4. The maximum absolute atomic E-state index is 10.2. The molecule has 0 aliphatic carbocycles.